The fourth-order valence-corrected chi connectivity index (χ4v) is 3.51. The summed E-state index contributed by atoms with van der Waals surface area (Å²) in [5.41, 5.74) is 3.81. The van der Waals surface area contributed by atoms with Crippen LogP contribution in [0.25, 0.3) is 10.9 Å². The average molecular weight is 382 g/mol. The molecule has 1 aromatic heterocycles. The van der Waals surface area contributed by atoms with Crippen molar-refractivity contribution in [2.24, 2.45) is 0 Å². The zero-order valence-electron chi connectivity index (χ0n) is 15.8. The van der Waals surface area contributed by atoms with Crippen LogP contribution in [0.2, 0.25) is 0 Å². The van der Waals surface area contributed by atoms with Crippen molar-refractivity contribution >= 4 is 34.3 Å². The highest BCUT2D eigenvalue weighted by Gasteiger charge is 2.10. The molecule has 0 bridgehead atoms. The number of carbonyl (C=O) groups excluding carboxylic acids is 1. The predicted molar refractivity (Wildman–Crippen MR) is 110 cm³/mol. The summed E-state index contributed by atoms with van der Waals surface area (Å²) in [6, 6.07) is 13.6. The van der Waals surface area contributed by atoms with Crippen molar-refractivity contribution in [2.75, 3.05) is 25.3 Å². The lowest BCUT2D eigenvalue weighted by Gasteiger charge is -2.10. The number of amides is 1. The molecule has 1 heterocycles. The van der Waals surface area contributed by atoms with Gasteiger partial charge in [0.05, 0.1) is 25.5 Å². The van der Waals surface area contributed by atoms with E-state index >= 15 is 0 Å². The van der Waals surface area contributed by atoms with Crippen molar-refractivity contribution in [3.05, 3.63) is 53.6 Å². The number of fused-ring (bicyclic) bond motifs is 1. The molecule has 0 saturated carbocycles. The molecule has 2 aromatic carbocycles. The van der Waals surface area contributed by atoms with E-state index in [9.17, 15) is 4.79 Å². The van der Waals surface area contributed by atoms with E-state index in [0.29, 0.717) is 17.2 Å². The smallest absolute Gasteiger partial charge is 0.234 e. The summed E-state index contributed by atoms with van der Waals surface area (Å²) in [6.45, 7) is 4.06. The van der Waals surface area contributed by atoms with Crippen molar-refractivity contribution in [3.63, 3.8) is 0 Å². The van der Waals surface area contributed by atoms with Gasteiger partial charge in [0.1, 0.15) is 16.5 Å². The van der Waals surface area contributed by atoms with Gasteiger partial charge in [0.2, 0.25) is 5.91 Å². The molecule has 0 unspecified atom stereocenters. The third-order valence-electron chi connectivity index (χ3n) is 4.09. The Morgan fingerprint density at radius 1 is 1.04 bits per heavy atom. The van der Waals surface area contributed by atoms with Crippen LogP contribution in [-0.4, -0.2) is 30.9 Å². The Balaban J connectivity index is 1.70. The number of anilines is 1. The van der Waals surface area contributed by atoms with E-state index in [1.165, 1.54) is 17.3 Å². The van der Waals surface area contributed by atoms with Crippen LogP contribution in [0.3, 0.4) is 0 Å². The third-order valence-corrected chi connectivity index (χ3v) is 5.19. The van der Waals surface area contributed by atoms with Crippen LogP contribution in [-0.2, 0) is 4.79 Å². The molecule has 0 aliphatic rings. The second-order valence-electron chi connectivity index (χ2n) is 6.24. The maximum Gasteiger partial charge on any atom is 0.234 e. The molecule has 1 N–H and O–H groups in total. The number of aromatic nitrogens is 1. The number of hydrogen-bond donors (Lipinski definition) is 1. The van der Waals surface area contributed by atoms with Crippen LogP contribution in [0.4, 0.5) is 5.69 Å². The highest BCUT2D eigenvalue weighted by molar-refractivity contribution is 8.00. The van der Waals surface area contributed by atoms with Crippen LogP contribution in [0.5, 0.6) is 11.5 Å². The topological polar surface area (TPSA) is 60.5 Å². The van der Waals surface area contributed by atoms with Gasteiger partial charge in [-0.1, -0.05) is 23.9 Å². The number of nitrogens with zero attached hydrogens (tertiary/aromatic N) is 1. The number of carbonyl (C=O) groups is 1. The van der Waals surface area contributed by atoms with Crippen molar-refractivity contribution < 1.29 is 14.3 Å². The molecule has 0 fully saturated rings. The number of pyridine rings is 1. The van der Waals surface area contributed by atoms with Gasteiger partial charge in [-0.3, -0.25) is 4.79 Å². The van der Waals surface area contributed by atoms with Gasteiger partial charge in [-0.25, -0.2) is 4.98 Å². The van der Waals surface area contributed by atoms with E-state index in [1.807, 2.05) is 13.8 Å². The first-order valence-electron chi connectivity index (χ1n) is 8.52. The summed E-state index contributed by atoms with van der Waals surface area (Å²) in [5, 5.41) is 4.85. The number of thioether (sulfide) groups is 1. The fraction of sp³-hybridized carbons (Fsp3) is 0.238. The van der Waals surface area contributed by atoms with Crippen molar-refractivity contribution in [2.45, 2.75) is 18.9 Å². The summed E-state index contributed by atoms with van der Waals surface area (Å²) >= 11 is 1.43. The quantitative estimate of drug-likeness (QED) is 0.632. The van der Waals surface area contributed by atoms with E-state index in [-0.39, 0.29) is 11.7 Å². The summed E-state index contributed by atoms with van der Waals surface area (Å²) in [7, 11) is 3.15. The van der Waals surface area contributed by atoms with E-state index in [4.69, 9.17) is 14.5 Å². The summed E-state index contributed by atoms with van der Waals surface area (Å²) in [5.74, 6) is 1.41. The largest absolute Gasteiger partial charge is 0.497 e. The predicted octanol–water partition coefficient (Wildman–Crippen LogP) is 4.60. The number of benzene rings is 2. The normalized spacial score (nSPS) is 10.7. The maximum atomic E-state index is 12.4. The number of ether oxygens (including phenoxy) is 2. The van der Waals surface area contributed by atoms with Crippen LogP contribution in [0.1, 0.15) is 11.1 Å². The molecule has 0 spiro atoms. The van der Waals surface area contributed by atoms with E-state index in [0.717, 1.165) is 21.5 Å². The minimum atomic E-state index is -0.110. The van der Waals surface area contributed by atoms with Gasteiger partial charge >= 0.3 is 0 Å². The minimum Gasteiger partial charge on any atom is -0.497 e. The lowest BCUT2D eigenvalue weighted by molar-refractivity contribution is -0.113. The SMILES string of the molecule is COc1cc(NC(=O)CSc2nc3cc(C)ccc3cc2C)cc(OC)c1. The number of nitrogens with one attached hydrogen (secondary N) is 1. The Bertz CT molecular complexity index is 966. The number of aryl methyl sites for hydroxylation is 2. The highest BCUT2D eigenvalue weighted by atomic mass is 32.2. The lowest BCUT2D eigenvalue weighted by Crippen LogP contribution is -2.14. The minimum absolute atomic E-state index is 0.110. The molecule has 0 aliphatic carbocycles. The molecule has 6 heteroatoms. The van der Waals surface area contributed by atoms with Gasteiger partial charge in [0.15, 0.2) is 0 Å². The molecule has 5 nitrogen and oxygen atoms in total. The molecular formula is C21H22N2O3S. The lowest BCUT2D eigenvalue weighted by atomic mass is 10.1. The molecule has 27 heavy (non-hydrogen) atoms. The van der Waals surface area contributed by atoms with Gasteiger partial charge in [0.25, 0.3) is 0 Å². The standard InChI is InChI=1S/C21H22N2O3S/c1-13-5-6-15-8-14(2)21(23-19(15)7-13)27-12-20(24)22-16-9-17(25-3)11-18(10-16)26-4/h5-11H,12H2,1-4H3,(H,22,24). The van der Waals surface area contributed by atoms with Gasteiger partial charge in [0, 0.05) is 29.3 Å². The number of hydrogen-bond acceptors (Lipinski definition) is 5. The molecule has 3 aromatic rings. The summed E-state index contributed by atoms with van der Waals surface area (Å²) in [6.07, 6.45) is 0. The van der Waals surface area contributed by atoms with Crippen molar-refractivity contribution in [1.29, 1.82) is 0 Å². The Hall–Kier alpha value is -2.73. The van der Waals surface area contributed by atoms with E-state index in [1.54, 1.807) is 32.4 Å². The van der Waals surface area contributed by atoms with Crippen molar-refractivity contribution in [3.8, 4) is 11.5 Å². The molecular weight excluding hydrogens is 360 g/mol. The van der Waals surface area contributed by atoms with E-state index in [2.05, 4.69) is 29.6 Å². The fourth-order valence-electron chi connectivity index (χ4n) is 2.72. The Kier molecular flexibility index (Phi) is 5.86. The molecule has 0 saturated heterocycles. The van der Waals surface area contributed by atoms with Crippen LogP contribution in [0, 0.1) is 13.8 Å². The number of methoxy groups -OCH3 is 2. The highest BCUT2D eigenvalue weighted by Crippen LogP contribution is 2.27. The van der Waals surface area contributed by atoms with Crippen LogP contribution in [0.15, 0.2) is 47.5 Å². The molecule has 0 radical (unpaired) electrons. The zero-order valence-corrected chi connectivity index (χ0v) is 16.6. The van der Waals surface area contributed by atoms with Gasteiger partial charge in [-0.15, -0.1) is 0 Å². The Labute approximate surface area is 163 Å². The van der Waals surface area contributed by atoms with Crippen LogP contribution >= 0.6 is 11.8 Å². The molecule has 1 amide bonds. The maximum absolute atomic E-state index is 12.4. The molecule has 0 aliphatic heterocycles. The Morgan fingerprint density at radius 3 is 2.41 bits per heavy atom. The summed E-state index contributed by atoms with van der Waals surface area (Å²) in [4.78, 5) is 17.1. The van der Waals surface area contributed by atoms with Crippen molar-refractivity contribution in [1.82, 2.24) is 4.98 Å². The average Bonchev–Trinajstić information content (AvgIpc) is 2.66. The molecule has 140 valence electrons. The second-order valence-corrected chi connectivity index (χ2v) is 7.21. The van der Waals surface area contributed by atoms with Crippen LogP contribution < -0.4 is 14.8 Å². The summed E-state index contributed by atoms with van der Waals surface area (Å²) < 4.78 is 10.5. The second kappa shape index (κ2) is 8.31. The van der Waals surface area contributed by atoms with Gasteiger partial charge < -0.3 is 14.8 Å². The first-order chi connectivity index (χ1) is 13.0. The Morgan fingerprint density at radius 2 is 1.74 bits per heavy atom. The molecule has 3 rings (SSSR count). The third kappa shape index (κ3) is 4.71. The first kappa shape index (κ1) is 19.0. The zero-order chi connectivity index (χ0) is 19.4. The molecule has 0 atom stereocenters. The van der Waals surface area contributed by atoms with E-state index < -0.39 is 0 Å². The van der Waals surface area contributed by atoms with Gasteiger partial charge in [-0.05, 0) is 37.1 Å². The van der Waals surface area contributed by atoms with Gasteiger partial charge in [-0.2, -0.15) is 0 Å². The number of rotatable bonds is 6. The first-order valence-corrected chi connectivity index (χ1v) is 9.51. The monoisotopic (exact) mass is 382 g/mol.